The third kappa shape index (κ3) is 3.06. The Kier molecular flexibility index (Phi) is 3.82. The van der Waals surface area contributed by atoms with Gasteiger partial charge in [-0.2, -0.15) is 0 Å². The zero-order chi connectivity index (χ0) is 16.2. The van der Waals surface area contributed by atoms with Gasteiger partial charge >= 0.3 is 0 Å². The third-order valence-corrected chi connectivity index (χ3v) is 3.97. The predicted octanol–water partition coefficient (Wildman–Crippen LogP) is 5.49. The van der Waals surface area contributed by atoms with Crippen molar-refractivity contribution in [2.45, 2.75) is 0 Å². The molecular weight excluding hydrogens is 294 g/mol. The first-order valence-electron chi connectivity index (χ1n) is 7.91. The molecule has 0 fully saturated rings. The van der Waals surface area contributed by atoms with Gasteiger partial charge in [-0.15, -0.1) is 0 Å². The molecule has 0 bridgehead atoms. The lowest BCUT2D eigenvalue weighted by atomic mass is 10.0. The minimum atomic E-state index is 0.745. The smallest absolute Gasteiger partial charge is 0.204 e. The summed E-state index contributed by atoms with van der Waals surface area (Å²) in [4.78, 5) is 7.20. The maximum absolute atomic E-state index is 4.16. The molecule has 0 saturated carbocycles. The van der Waals surface area contributed by atoms with E-state index in [2.05, 4.69) is 88.1 Å². The summed E-state index contributed by atoms with van der Waals surface area (Å²) in [5, 5.41) is 3.23. The zero-order valence-electron chi connectivity index (χ0n) is 13.1. The summed E-state index contributed by atoms with van der Waals surface area (Å²) in [7, 11) is 0. The third-order valence-electron chi connectivity index (χ3n) is 3.97. The second-order valence-corrected chi connectivity index (χ2v) is 5.58. The molecule has 0 unspecified atom stereocenters. The van der Waals surface area contributed by atoms with Crippen LogP contribution in [-0.2, 0) is 0 Å². The second kappa shape index (κ2) is 6.42. The SMILES string of the molecule is c1ccc(-c2ccc(-c3ccc(Nc4ncc[nH]4)cc3)cc2)cc1. The van der Waals surface area contributed by atoms with Crippen LogP contribution in [0.25, 0.3) is 22.3 Å². The fourth-order valence-corrected chi connectivity index (χ4v) is 2.70. The lowest BCUT2D eigenvalue weighted by Crippen LogP contribution is -1.91. The van der Waals surface area contributed by atoms with E-state index in [-0.39, 0.29) is 0 Å². The van der Waals surface area contributed by atoms with Crippen molar-refractivity contribution in [3.8, 4) is 22.3 Å². The number of H-pyrrole nitrogens is 1. The number of nitrogens with zero attached hydrogens (tertiary/aromatic N) is 1. The van der Waals surface area contributed by atoms with Crippen molar-refractivity contribution < 1.29 is 0 Å². The van der Waals surface area contributed by atoms with Gasteiger partial charge in [0.15, 0.2) is 0 Å². The van der Waals surface area contributed by atoms with Crippen LogP contribution in [0.3, 0.4) is 0 Å². The molecule has 0 spiro atoms. The molecule has 0 radical (unpaired) electrons. The Labute approximate surface area is 141 Å². The Hall–Kier alpha value is -3.33. The summed E-state index contributed by atoms with van der Waals surface area (Å²) in [6.45, 7) is 0. The van der Waals surface area contributed by atoms with Crippen LogP contribution in [-0.4, -0.2) is 9.97 Å². The van der Waals surface area contributed by atoms with Crippen molar-refractivity contribution in [2.75, 3.05) is 5.32 Å². The van der Waals surface area contributed by atoms with Gasteiger partial charge in [-0.3, -0.25) is 0 Å². The average Bonchev–Trinajstić information content (AvgIpc) is 3.16. The fourth-order valence-electron chi connectivity index (χ4n) is 2.70. The highest BCUT2D eigenvalue weighted by Crippen LogP contribution is 2.26. The molecule has 116 valence electrons. The van der Waals surface area contributed by atoms with Gasteiger partial charge in [0, 0.05) is 18.1 Å². The maximum atomic E-state index is 4.16. The number of nitrogens with one attached hydrogen (secondary N) is 2. The number of imidazole rings is 1. The minimum Gasteiger partial charge on any atom is -0.331 e. The molecule has 4 aromatic rings. The normalized spacial score (nSPS) is 10.5. The molecule has 3 aromatic carbocycles. The van der Waals surface area contributed by atoms with E-state index in [9.17, 15) is 0 Å². The molecule has 0 aliphatic carbocycles. The van der Waals surface area contributed by atoms with Crippen molar-refractivity contribution in [1.29, 1.82) is 0 Å². The molecule has 1 aromatic heterocycles. The predicted molar refractivity (Wildman–Crippen MR) is 99.2 cm³/mol. The van der Waals surface area contributed by atoms with Crippen molar-refractivity contribution in [3.05, 3.63) is 91.3 Å². The molecular formula is C21H17N3. The Bertz CT molecular complexity index is 894. The van der Waals surface area contributed by atoms with Gasteiger partial charge in [0.2, 0.25) is 5.95 Å². The lowest BCUT2D eigenvalue weighted by Gasteiger charge is -2.07. The largest absolute Gasteiger partial charge is 0.331 e. The molecule has 4 rings (SSSR count). The molecule has 0 amide bonds. The van der Waals surface area contributed by atoms with Crippen LogP contribution in [0.4, 0.5) is 11.6 Å². The fraction of sp³-hybridized carbons (Fsp3) is 0. The van der Waals surface area contributed by atoms with Crippen LogP contribution in [0.15, 0.2) is 91.3 Å². The van der Waals surface area contributed by atoms with Gasteiger partial charge in [0.1, 0.15) is 0 Å². The van der Waals surface area contributed by atoms with E-state index in [1.807, 2.05) is 6.07 Å². The van der Waals surface area contributed by atoms with Crippen molar-refractivity contribution in [2.24, 2.45) is 0 Å². The van der Waals surface area contributed by atoms with Crippen molar-refractivity contribution >= 4 is 11.6 Å². The monoisotopic (exact) mass is 311 g/mol. The van der Waals surface area contributed by atoms with Gasteiger partial charge in [0.25, 0.3) is 0 Å². The first-order valence-corrected chi connectivity index (χ1v) is 7.91. The van der Waals surface area contributed by atoms with Gasteiger partial charge in [-0.05, 0) is 34.4 Å². The second-order valence-electron chi connectivity index (χ2n) is 5.58. The number of benzene rings is 3. The lowest BCUT2D eigenvalue weighted by molar-refractivity contribution is 1.29. The summed E-state index contributed by atoms with van der Waals surface area (Å²) in [5.74, 6) is 0.745. The highest BCUT2D eigenvalue weighted by Gasteiger charge is 2.01. The van der Waals surface area contributed by atoms with Gasteiger partial charge < -0.3 is 10.3 Å². The topological polar surface area (TPSA) is 40.7 Å². The van der Waals surface area contributed by atoms with E-state index in [0.717, 1.165) is 11.6 Å². The van der Waals surface area contributed by atoms with E-state index in [1.165, 1.54) is 22.3 Å². The number of anilines is 2. The van der Waals surface area contributed by atoms with E-state index >= 15 is 0 Å². The number of rotatable bonds is 4. The summed E-state index contributed by atoms with van der Waals surface area (Å²) in [6.07, 6.45) is 3.52. The summed E-state index contributed by atoms with van der Waals surface area (Å²) >= 11 is 0. The van der Waals surface area contributed by atoms with Crippen molar-refractivity contribution in [1.82, 2.24) is 9.97 Å². The van der Waals surface area contributed by atoms with Gasteiger partial charge in [-0.25, -0.2) is 4.98 Å². The molecule has 3 heteroatoms. The molecule has 0 aliphatic rings. The van der Waals surface area contributed by atoms with Crippen LogP contribution in [0.2, 0.25) is 0 Å². The molecule has 0 saturated heterocycles. The molecule has 0 atom stereocenters. The number of aromatic amines is 1. The highest BCUT2D eigenvalue weighted by molar-refractivity contribution is 5.71. The van der Waals surface area contributed by atoms with Crippen molar-refractivity contribution in [3.63, 3.8) is 0 Å². The minimum absolute atomic E-state index is 0.745. The number of aromatic nitrogens is 2. The quantitative estimate of drug-likeness (QED) is 0.523. The van der Waals surface area contributed by atoms with Crippen LogP contribution < -0.4 is 5.32 Å². The van der Waals surface area contributed by atoms with Crippen LogP contribution in [0, 0.1) is 0 Å². The molecule has 1 heterocycles. The van der Waals surface area contributed by atoms with E-state index in [1.54, 1.807) is 12.4 Å². The van der Waals surface area contributed by atoms with E-state index in [0.29, 0.717) is 0 Å². The van der Waals surface area contributed by atoms with Crippen LogP contribution >= 0.6 is 0 Å². The standard InChI is InChI=1S/C21H17N3/c1-2-4-16(5-3-1)17-6-8-18(9-7-17)19-10-12-20(13-11-19)24-21-22-14-15-23-21/h1-15H,(H2,22,23,24). The molecule has 2 N–H and O–H groups in total. The molecule has 0 aliphatic heterocycles. The van der Waals surface area contributed by atoms with Crippen LogP contribution in [0.1, 0.15) is 0 Å². The van der Waals surface area contributed by atoms with Gasteiger partial charge in [-0.1, -0.05) is 66.7 Å². The van der Waals surface area contributed by atoms with Crippen LogP contribution in [0.5, 0.6) is 0 Å². The molecule has 3 nitrogen and oxygen atoms in total. The first kappa shape index (κ1) is 14.3. The van der Waals surface area contributed by atoms with Gasteiger partial charge in [0.05, 0.1) is 0 Å². The molecule has 24 heavy (non-hydrogen) atoms. The summed E-state index contributed by atoms with van der Waals surface area (Å²) < 4.78 is 0. The summed E-state index contributed by atoms with van der Waals surface area (Å²) in [5.41, 5.74) is 5.88. The average molecular weight is 311 g/mol. The highest BCUT2D eigenvalue weighted by atomic mass is 15.1. The number of hydrogen-bond acceptors (Lipinski definition) is 2. The number of hydrogen-bond donors (Lipinski definition) is 2. The Morgan fingerprint density at radius 2 is 1.17 bits per heavy atom. The van der Waals surface area contributed by atoms with E-state index in [4.69, 9.17) is 0 Å². The Morgan fingerprint density at radius 3 is 1.71 bits per heavy atom. The Morgan fingerprint density at radius 1 is 0.625 bits per heavy atom. The Balaban J connectivity index is 1.53. The maximum Gasteiger partial charge on any atom is 0.204 e. The zero-order valence-corrected chi connectivity index (χ0v) is 13.1. The first-order chi connectivity index (χ1) is 11.9. The summed E-state index contributed by atoms with van der Waals surface area (Å²) in [6, 6.07) is 27.4. The van der Waals surface area contributed by atoms with E-state index < -0.39 is 0 Å².